The van der Waals surface area contributed by atoms with Gasteiger partial charge in [0, 0.05) is 4.88 Å². The first kappa shape index (κ1) is 9.87. The third kappa shape index (κ3) is 1.51. The number of aldehydes is 1. The fraction of sp³-hybridized carbons (Fsp3) is 0.545. The predicted octanol–water partition coefficient (Wildman–Crippen LogP) is 2.32. The SMILES string of the molecule is O=CC(O)(c1cccs1)C1CCCC1. The molecule has 3 heteroatoms. The normalized spacial score (nSPS) is 22.1. The Morgan fingerprint density at radius 2 is 2.21 bits per heavy atom. The van der Waals surface area contributed by atoms with Crippen LogP contribution in [0.4, 0.5) is 0 Å². The zero-order valence-electron chi connectivity index (χ0n) is 7.98. The molecule has 0 saturated heterocycles. The van der Waals surface area contributed by atoms with E-state index in [0.717, 1.165) is 36.8 Å². The Morgan fingerprint density at radius 1 is 1.50 bits per heavy atom. The lowest BCUT2D eigenvalue weighted by molar-refractivity contribution is -0.130. The quantitative estimate of drug-likeness (QED) is 0.777. The summed E-state index contributed by atoms with van der Waals surface area (Å²) in [4.78, 5) is 11.9. The maximum absolute atomic E-state index is 11.1. The van der Waals surface area contributed by atoms with Crippen molar-refractivity contribution in [2.75, 3.05) is 0 Å². The number of carbonyl (C=O) groups excluding carboxylic acids is 1. The average Bonchev–Trinajstić information content (AvgIpc) is 2.88. The van der Waals surface area contributed by atoms with E-state index in [0.29, 0.717) is 0 Å². The molecule has 1 unspecified atom stereocenters. The first-order valence-corrected chi connectivity index (χ1v) is 5.88. The molecule has 76 valence electrons. The van der Waals surface area contributed by atoms with E-state index in [-0.39, 0.29) is 5.92 Å². The van der Waals surface area contributed by atoms with Crippen LogP contribution in [0.15, 0.2) is 17.5 Å². The number of rotatable bonds is 3. The van der Waals surface area contributed by atoms with Gasteiger partial charge >= 0.3 is 0 Å². The molecule has 1 N–H and O–H groups in total. The van der Waals surface area contributed by atoms with Crippen molar-refractivity contribution in [1.29, 1.82) is 0 Å². The fourth-order valence-electron chi connectivity index (χ4n) is 2.23. The predicted molar refractivity (Wildman–Crippen MR) is 56.2 cm³/mol. The van der Waals surface area contributed by atoms with E-state index in [1.807, 2.05) is 17.5 Å². The Hall–Kier alpha value is -0.670. The van der Waals surface area contributed by atoms with Crippen LogP contribution in [-0.2, 0) is 10.4 Å². The van der Waals surface area contributed by atoms with Crippen molar-refractivity contribution in [2.24, 2.45) is 5.92 Å². The van der Waals surface area contributed by atoms with Crippen molar-refractivity contribution in [3.05, 3.63) is 22.4 Å². The molecule has 0 aliphatic heterocycles. The van der Waals surface area contributed by atoms with Gasteiger partial charge in [0.05, 0.1) is 0 Å². The largest absolute Gasteiger partial charge is 0.376 e. The summed E-state index contributed by atoms with van der Waals surface area (Å²) < 4.78 is 0. The van der Waals surface area contributed by atoms with E-state index in [4.69, 9.17) is 0 Å². The summed E-state index contributed by atoms with van der Waals surface area (Å²) in [6.45, 7) is 0. The lowest BCUT2D eigenvalue weighted by Crippen LogP contribution is -2.34. The Balaban J connectivity index is 2.28. The zero-order chi connectivity index (χ0) is 10.0. The van der Waals surface area contributed by atoms with E-state index in [2.05, 4.69) is 0 Å². The first-order valence-electron chi connectivity index (χ1n) is 5.00. The van der Waals surface area contributed by atoms with Gasteiger partial charge in [-0.1, -0.05) is 18.9 Å². The molecule has 0 aromatic carbocycles. The van der Waals surface area contributed by atoms with Gasteiger partial charge in [0.1, 0.15) is 0 Å². The van der Waals surface area contributed by atoms with Gasteiger partial charge in [-0.15, -0.1) is 11.3 Å². The van der Waals surface area contributed by atoms with Gasteiger partial charge in [0.2, 0.25) is 0 Å². The molecular weight excluding hydrogens is 196 g/mol. The molecule has 1 aromatic heterocycles. The summed E-state index contributed by atoms with van der Waals surface area (Å²) >= 11 is 1.46. The minimum Gasteiger partial charge on any atom is -0.376 e. The molecular formula is C11H14O2S. The third-order valence-corrected chi connectivity index (χ3v) is 4.08. The lowest BCUT2D eigenvalue weighted by Gasteiger charge is -2.27. The number of thiophene rings is 1. The van der Waals surface area contributed by atoms with Crippen LogP contribution in [-0.4, -0.2) is 11.4 Å². The first-order chi connectivity index (χ1) is 6.77. The molecule has 1 saturated carbocycles. The molecule has 1 aliphatic carbocycles. The Morgan fingerprint density at radius 3 is 2.71 bits per heavy atom. The van der Waals surface area contributed by atoms with Gasteiger partial charge in [0.15, 0.2) is 11.9 Å². The van der Waals surface area contributed by atoms with Gasteiger partial charge in [-0.2, -0.15) is 0 Å². The second-order valence-electron chi connectivity index (χ2n) is 3.90. The van der Waals surface area contributed by atoms with Gasteiger partial charge in [0.25, 0.3) is 0 Å². The van der Waals surface area contributed by atoms with Crippen molar-refractivity contribution >= 4 is 17.6 Å². The van der Waals surface area contributed by atoms with E-state index >= 15 is 0 Å². The molecule has 2 rings (SSSR count). The maximum atomic E-state index is 11.1. The standard InChI is InChI=1S/C11H14O2S/c12-8-11(13,9-4-1-2-5-9)10-6-3-7-14-10/h3,6-9,13H,1-2,4-5H2. The van der Waals surface area contributed by atoms with Crippen molar-refractivity contribution < 1.29 is 9.90 Å². The summed E-state index contributed by atoms with van der Waals surface area (Å²) in [6, 6.07) is 3.72. The van der Waals surface area contributed by atoms with Crippen LogP contribution in [0.25, 0.3) is 0 Å². The molecule has 1 aromatic rings. The van der Waals surface area contributed by atoms with Crippen LogP contribution in [0, 0.1) is 5.92 Å². The molecule has 0 bridgehead atoms. The summed E-state index contributed by atoms with van der Waals surface area (Å²) in [5, 5.41) is 12.2. The summed E-state index contributed by atoms with van der Waals surface area (Å²) in [7, 11) is 0. The van der Waals surface area contributed by atoms with Gasteiger partial charge < -0.3 is 5.11 Å². The third-order valence-electron chi connectivity index (χ3n) is 3.07. The highest BCUT2D eigenvalue weighted by Crippen LogP contribution is 2.40. The van der Waals surface area contributed by atoms with Crippen LogP contribution in [0.2, 0.25) is 0 Å². The highest BCUT2D eigenvalue weighted by Gasteiger charge is 2.40. The van der Waals surface area contributed by atoms with Gasteiger partial charge in [-0.25, -0.2) is 0 Å². The second-order valence-corrected chi connectivity index (χ2v) is 4.85. The number of hydrogen-bond donors (Lipinski definition) is 1. The number of hydrogen-bond acceptors (Lipinski definition) is 3. The lowest BCUT2D eigenvalue weighted by atomic mass is 9.86. The molecule has 0 amide bonds. The zero-order valence-corrected chi connectivity index (χ0v) is 8.80. The minimum absolute atomic E-state index is 0.124. The fourth-order valence-corrected chi connectivity index (χ4v) is 3.09. The topological polar surface area (TPSA) is 37.3 Å². The number of aliphatic hydroxyl groups is 1. The molecule has 2 nitrogen and oxygen atoms in total. The molecule has 1 heterocycles. The van der Waals surface area contributed by atoms with E-state index < -0.39 is 5.60 Å². The second kappa shape index (κ2) is 3.83. The molecule has 0 radical (unpaired) electrons. The Labute approximate surface area is 87.6 Å². The molecule has 0 spiro atoms. The minimum atomic E-state index is -1.22. The Bertz CT molecular complexity index is 301. The average molecular weight is 210 g/mol. The van der Waals surface area contributed by atoms with E-state index in [9.17, 15) is 9.90 Å². The summed E-state index contributed by atoms with van der Waals surface area (Å²) in [5.74, 6) is 0.124. The molecule has 1 fully saturated rings. The van der Waals surface area contributed by atoms with Crippen molar-refractivity contribution in [2.45, 2.75) is 31.3 Å². The van der Waals surface area contributed by atoms with Crippen LogP contribution in [0.3, 0.4) is 0 Å². The van der Waals surface area contributed by atoms with Crippen molar-refractivity contribution in [1.82, 2.24) is 0 Å². The van der Waals surface area contributed by atoms with E-state index in [1.54, 1.807) is 0 Å². The van der Waals surface area contributed by atoms with E-state index in [1.165, 1.54) is 11.3 Å². The molecule has 1 aliphatic rings. The molecule has 14 heavy (non-hydrogen) atoms. The summed E-state index contributed by atoms with van der Waals surface area (Å²) in [6.07, 6.45) is 4.91. The number of carbonyl (C=O) groups is 1. The highest BCUT2D eigenvalue weighted by atomic mass is 32.1. The van der Waals surface area contributed by atoms with Gasteiger partial charge in [-0.05, 0) is 30.2 Å². The van der Waals surface area contributed by atoms with Crippen LogP contribution in [0.1, 0.15) is 30.6 Å². The van der Waals surface area contributed by atoms with Crippen LogP contribution in [0.5, 0.6) is 0 Å². The van der Waals surface area contributed by atoms with Crippen LogP contribution < -0.4 is 0 Å². The van der Waals surface area contributed by atoms with Gasteiger partial charge in [-0.3, -0.25) is 4.79 Å². The smallest absolute Gasteiger partial charge is 0.157 e. The van der Waals surface area contributed by atoms with Crippen molar-refractivity contribution in [3.8, 4) is 0 Å². The Kier molecular flexibility index (Phi) is 2.70. The summed E-state index contributed by atoms with van der Waals surface area (Å²) in [5.41, 5.74) is -1.22. The van der Waals surface area contributed by atoms with Crippen LogP contribution >= 0.6 is 11.3 Å². The maximum Gasteiger partial charge on any atom is 0.157 e. The monoisotopic (exact) mass is 210 g/mol. The molecule has 1 atom stereocenters. The highest BCUT2D eigenvalue weighted by molar-refractivity contribution is 7.10. The van der Waals surface area contributed by atoms with Crippen molar-refractivity contribution in [3.63, 3.8) is 0 Å².